The van der Waals surface area contributed by atoms with Crippen LogP contribution in [-0.2, 0) is 19.1 Å². The number of carbonyl (C=O) groups excluding carboxylic acids is 4. The second-order valence-electron chi connectivity index (χ2n) is 10.8. The molecule has 0 aromatic heterocycles. The molecule has 1 rings (SSSR count). The smallest absolute Gasteiger partial charge is 0.410 e. The van der Waals surface area contributed by atoms with E-state index in [2.05, 4.69) is 10.8 Å². The molecule has 0 saturated carbocycles. The second kappa shape index (κ2) is 16.9. The van der Waals surface area contributed by atoms with Crippen molar-refractivity contribution in [3.8, 4) is 12.3 Å². The molecule has 10 nitrogen and oxygen atoms in total. The first-order valence-electron chi connectivity index (χ1n) is 13.8. The summed E-state index contributed by atoms with van der Waals surface area (Å²) in [5.41, 5.74) is -0.513. The fourth-order valence-corrected chi connectivity index (χ4v) is 4.17. The number of carbonyl (C=O) groups is 4. The van der Waals surface area contributed by atoms with Crippen LogP contribution >= 0.6 is 0 Å². The topological polar surface area (TPSA) is 93.7 Å². The molecule has 0 N–H and O–H groups in total. The van der Waals surface area contributed by atoms with E-state index < -0.39 is 5.60 Å². The standard InChI is InChI=1S/C28H49N5O5/c1-8-10-12-26(36)32(23-22-30(13-9-2)24(3)34)15-11-14-31(25(4)35)19-16-29-17-20-33(21-18-29)27(37)38-28(5,6)7/h2H,8,10-23H2,1,3-7H3. The van der Waals surface area contributed by atoms with Gasteiger partial charge in [-0.05, 0) is 33.6 Å². The molecular formula is C28H49N5O5. The molecule has 1 fully saturated rings. The van der Waals surface area contributed by atoms with Crippen LogP contribution in [0.15, 0.2) is 0 Å². The van der Waals surface area contributed by atoms with Gasteiger partial charge in [0.2, 0.25) is 17.7 Å². The first kappa shape index (κ1) is 33.2. The average molecular weight is 536 g/mol. The highest BCUT2D eigenvalue weighted by atomic mass is 16.6. The van der Waals surface area contributed by atoms with Crippen LogP contribution in [0.2, 0.25) is 0 Å². The fraction of sp³-hybridized carbons (Fsp3) is 0.786. The van der Waals surface area contributed by atoms with Crippen molar-refractivity contribution in [2.24, 2.45) is 0 Å². The van der Waals surface area contributed by atoms with Crippen molar-refractivity contribution in [1.82, 2.24) is 24.5 Å². The largest absolute Gasteiger partial charge is 0.444 e. The van der Waals surface area contributed by atoms with E-state index in [1.807, 2.05) is 32.6 Å². The number of nitrogens with zero attached hydrogens (tertiary/aromatic N) is 5. The van der Waals surface area contributed by atoms with Gasteiger partial charge >= 0.3 is 6.09 Å². The third-order valence-corrected chi connectivity index (χ3v) is 6.48. The van der Waals surface area contributed by atoms with Crippen molar-refractivity contribution < 1.29 is 23.9 Å². The first-order chi connectivity index (χ1) is 17.9. The van der Waals surface area contributed by atoms with Crippen LogP contribution in [0.3, 0.4) is 0 Å². The van der Waals surface area contributed by atoms with Gasteiger partial charge in [0.05, 0.1) is 6.54 Å². The summed E-state index contributed by atoms with van der Waals surface area (Å²) in [6.45, 7) is 16.7. The number of hydrogen-bond donors (Lipinski definition) is 0. The highest BCUT2D eigenvalue weighted by Crippen LogP contribution is 2.12. The molecule has 0 aliphatic carbocycles. The molecule has 38 heavy (non-hydrogen) atoms. The SMILES string of the molecule is C#CCN(CCN(CCCN(CCN1CCN(C(=O)OC(C)(C)C)CC1)C(C)=O)C(=O)CCCC)C(C)=O. The van der Waals surface area contributed by atoms with E-state index in [9.17, 15) is 19.2 Å². The lowest BCUT2D eigenvalue weighted by molar-refractivity contribution is -0.134. The summed E-state index contributed by atoms with van der Waals surface area (Å²) < 4.78 is 5.46. The lowest BCUT2D eigenvalue weighted by atomic mass is 10.2. The Balaban J connectivity index is 2.56. The number of terminal acetylenes is 1. The minimum Gasteiger partial charge on any atom is -0.444 e. The van der Waals surface area contributed by atoms with E-state index in [1.165, 1.54) is 6.92 Å². The zero-order valence-electron chi connectivity index (χ0n) is 24.5. The van der Waals surface area contributed by atoms with Crippen LogP contribution in [0.25, 0.3) is 0 Å². The minimum absolute atomic E-state index is 0.00183. The van der Waals surface area contributed by atoms with Crippen LogP contribution < -0.4 is 0 Å². The maximum atomic E-state index is 12.8. The Morgan fingerprint density at radius 2 is 1.42 bits per heavy atom. The summed E-state index contributed by atoms with van der Waals surface area (Å²) in [5.74, 6) is 2.44. The Morgan fingerprint density at radius 1 is 0.842 bits per heavy atom. The average Bonchev–Trinajstić information content (AvgIpc) is 2.84. The van der Waals surface area contributed by atoms with E-state index in [0.29, 0.717) is 58.7 Å². The monoisotopic (exact) mass is 535 g/mol. The predicted octanol–water partition coefficient (Wildman–Crippen LogP) is 2.28. The van der Waals surface area contributed by atoms with E-state index in [-0.39, 0.29) is 30.4 Å². The Morgan fingerprint density at radius 3 is 1.95 bits per heavy atom. The molecule has 0 atom stereocenters. The molecule has 0 aromatic carbocycles. The summed E-state index contributed by atoms with van der Waals surface area (Å²) in [6.07, 6.45) is 7.96. The van der Waals surface area contributed by atoms with Gasteiger partial charge in [-0.3, -0.25) is 19.3 Å². The summed E-state index contributed by atoms with van der Waals surface area (Å²) >= 11 is 0. The van der Waals surface area contributed by atoms with Crippen molar-refractivity contribution in [3.63, 3.8) is 0 Å². The molecule has 0 radical (unpaired) electrons. The van der Waals surface area contributed by atoms with Gasteiger partial charge in [0.15, 0.2) is 0 Å². The van der Waals surface area contributed by atoms with Gasteiger partial charge in [-0.15, -0.1) is 6.42 Å². The molecule has 1 aliphatic heterocycles. The first-order valence-corrected chi connectivity index (χ1v) is 13.8. The summed E-state index contributed by atoms with van der Waals surface area (Å²) in [5, 5.41) is 0. The third kappa shape index (κ3) is 13.1. The van der Waals surface area contributed by atoms with Crippen molar-refractivity contribution >= 4 is 23.8 Å². The summed E-state index contributed by atoms with van der Waals surface area (Å²) in [7, 11) is 0. The molecule has 10 heteroatoms. The molecule has 1 heterocycles. The van der Waals surface area contributed by atoms with Gasteiger partial charge in [0.25, 0.3) is 0 Å². The van der Waals surface area contributed by atoms with E-state index in [0.717, 1.165) is 32.5 Å². The Kier molecular flexibility index (Phi) is 14.8. The van der Waals surface area contributed by atoms with Crippen molar-refractivity contribution in [1.29, 1.82) is 0 Å². The van der Waals surface area contributed by atoms with Crippen molar-refractivity contribution in [2.75, 3.05) is 72.0 Å². The maximum absolute atomic E-state index is 12.8. The molecule has 1 aliphatic rings. The highest BCUT2D eigenvalue weighted by molar-refractivity contribution is 5.76. The molecule has 216 valence electrons. The third-order valence-electron chi connectivity index (χ3n) is 6.48. The molecule has 0 bridgehead atoms. The van der Waals surface area contributed by atoms with Gasteiger partial charge in [0, 0.05) is 85.7 Å². The van der Waals surface area contributed by atoms with Gasteiger partial charge < -0.3 is 24.3 Å². The molecule has 1 saturated heterocycles. The van der Waals surface area contributed by atoms with E-state index in [1.54, 1.807) is 21.6 Å². The van der Waals surface area contributed by atoms with Gasteiger partial charge in [-0.25, -0.2) is 4.79 Å². The number of amides is 4. The number of ether oxygens (including phenoxy) is 1. The van der Waals surface area contributed by atoms with Crippen molar-refractivity contribution in [2.45, 2.75) is 72.8 Å². The second-order valence-corrected chi connectivity index (χ2v) is 10.8. The fourth-order valence-electron chi connectivity index (χ4n) is 4.17. The Bertz CT molecular complexity index is 811. The van der Waals surface area contributed by atoms with E-state index in [4.69, 9.17) is 11.2 Å². The molecule has 0 aromatic rings. The molecule has 4 amide bonds. The van der Waals surface area contributed by atoms with Crippen LogP contribution in [0.1, 0.15) is 67.2 Å². The highest BCUT2D eigenvalue weighted by Gasteiger charge is 2.26. The summed E-state index contributed by atoms with van der Waals surface area (Å²) in [6, 6.07) is 0. The Labute approximate surface area is 229 Å². The lowest BCUT2D eigenvalue weighted by Crippen LogP contribution is -2.51. The number of rotatable bonds is 14. The molecular weight excluding hydrogens is 486 g/mol. The van der Waals surface area contributed by atoms with Gasteiger partial charge in [-0.1, -0.05) is 19.3 Å². The normalized spacial score (nSPS) is 14.0. The van der Waals surface area contributed by atoms with Crippen LogP contribution in [-0.4, -0.2) is 126 Å². The zero-order valence-corrected chi connectivity index (χ0v) is 24.5. The molecule has 0 spiro atoms. The predicted molar refractivity (Wildman–Crippen MR) is 148 cm³/mol. The Hall–Kier alpha value is -2.80. The quantitative estimate of drug-likeness (QED) is 0.317. The van der Waals surface area contributed by atoms with Crippen molar-refractivity contribution in [3.05, 3.63) is 0 Å². The van der Waals surface area contributed by atoms with Crippen LogP contribution in [0, 0.1) is 12.3 Å². The van der Waals surface area contributed by atoms with E-state index >= 15 is 0 Å². The number of piperazine rings is 1. The molecule has 0 unspecified atom stereocenters. The van der Waals surface area contributed by atoms with Crippen LogP contribution in [0.4, 0.5) is 4.79 Å². The number of hydrogen-bond acceptors (Lipinski definition) is 6. The zero-order chi connectivity index (χ0) is 28.7. The van der Waals surface area contributed by atoms with Gasteiger partial charge in [0.1, 0.15) is 5.60 Å². The number of unbranched alkanes of at least 4 members (excludes halogenated alkanes) is 1. The lowest BCUT2D eigenvalue weighted by Gasteiger charge is -2.36. The summed E-state index contributed by atoms with van der Waals surface area (Å²) in [4.78, 5) is 58.3. The maximum Gasteiger partial charge on any atom is 0.410 e. The van der Waals surface area contributed by atoms with Crippen LogP contribution in [0.5, 0.6) is 0 Å². The van der Waals surface area contributed by atoms with Gasteiger partial charge in [-0.2, -0.15) is 0 Å². The minimum atomic E-state index is -0.513.